The van der Waals surface area contributed by atoms with Crippen molar-refractivity contribution in [2.24, 2.45) is 0 Å². The van der Waals surface area contributed by atoms with Crippen molar-refractivity contribution in [3.8, 4) is 0 Å². The first-order chi connectivity index (χ1) is 9.78. The van der Waals surface area contributed by atoms with Crippen molar-refractivity contribution in [3.05, 3.63) is 34.9 Å². The Bertz CT molecular complexity index is 458. The molecule has 0 aliphatic carbocycles. The summed E-state index contributed by atoms with van der Waals surface area (Å²) in [6, 6.07) is 8.04. The van der Waals surface area contributed by atoms with Crippen molar-refractivity contribution in [1.82, 2.24) is 10.6 Å². The van der Waals surface area contributed by atoms with Crippen molar-refractivity contribution in [2.45, 2.75) is 45.8 Å². The highest BCUT2D eigenvalue weighted by Gasteiger charge is 2.15. The van der Waals surface area contributed by atoms with E-state index in [-0.39, 0.29) is 12.1 Å². The highest BCUT2D eigenvalue weighted by molar-refractivity contribution is 6.30. The Balaban J connectivity index is 2.18. The topological polar surface area (TPSA) is 50.4 Å². The number of hydrogen-bond acceptors (Lipinski definition) is 3. The predicted molar refractivity (Wildman–Crippen MR) is 86.7 cm³/mol. The van der Waals surface area contributed by atoms with Crippen LogP contribution >= 0.6 is 11.6 Å². The monoisotopic (exact) mass is 312 g/mol. The van der Waals surface area contributed by atoms with Crippen LogP contribution < -0.4 is 10.6 Å². The molecule has 0 aliphatic heterocycles. The molecule has 5 heteroatoms. The summed E-state index contributed by atoms with van der Waals surface area (Å²) in [5, 5.41) is 6.88. The third kappa shape index (κ3) is 7.93. The number of hydrogen-bond donors (Lipinski definition) is 2. The number of ether oxygens (including phenoxy) is 1. The fourth-order valence-electron chi connectivity index (χ4n) is 1.81. The first-order valence-corrected chi connectivity index (χ1v) is 7.61. The fourth-order valence-corrected chi connectivity index (χ4v) is 2.00. The maximum atomic E-state index is 11.4. The lowest BCUT2D eigenvalue weighted by molar-refractivity contribution is 0.0527. The van der Waals surface area contributed by atoms with Gasteiger partial charge in [0.2, 0.25) is 0 Å². The van der Waals surface area contributed by atoms with Crippen LogP contribution in [0, 0.1) is 0 Å². The Morgan fingerprint density at radius 1 is 1.33 bits per heavy atom. The number of alkyl carbamates (subject to hydrolysis) is 1. The maximum absolute atomic E-state index is 11.4. The number of halogens is 1. The number of benzene rings is 1. The maximum Gasteiger partial charge on any atom is 0.407 e. The largest absolute Gasteiger partial charge is 0.444 e. The Kier molecular flexibility index (Phi) is 6.99. The SMILES string of the molecule is C[C@H](NCCCNC(=O)OC(C)(C)C)c1cccc(Cl)c1. The zero-order chi connectivity index (χ0) is 15.9. The second-order valence-electron chi connectivity index (χ2n) is 6.01. The van der Waals surface area contributed by atoms with Gasteiger partial charge in [-0.3, -0.25) is 0 Å². The molecule has 2 N–H and O–H groups in total. The normalized spacial score (nSPS) is 12.8. The van der Waals surface area contributed by atoms with Gasteiger partial charge in [-0.25, -0.2) is 4.79 Å². The summed E-state index contributed by atoms with van der Waals surface area (Å²) in [7, 11) is 0. The number of amides is 1. The summed E-state index contributed by atoms with van der Waals surface area (Å²) in [6.07, 6.45) is 0.467. The molecule has 1 atom stereocenters. The lowest BCUT2D eigenvalue weighted by Gasteiger charge is -2.20. The summed E-state index contributed by atoms with van der Waals surface area (Å²) in [4.78, 5) is 11.4. The number of nitrogens with one attached hydrogen (secondary N) is 2. The van der Waals surface area contributed by atoms with Crippen molar-refractivity contribution in [1.29, 1.82) is 0 Å². The first-order valence-electron chi connectivity index (χ1n) is 7.23. The molecule has 4 nitrogen and oxygen atoms in total. The van der Waals surface area contributed by atoms with Gasteiger partial charge in [-0.15, -0.1) is 0 Å². The van der Waals surface area contributed by atoms with Crippen molar-refractivity contribution < 1.29 is 9.53 Å². The number of carbonyl (C=O) groups excluding carboxylic acids is 1. The molecule has 0 radical (unpaired) electrons. The second-order valence-corrected chi connectivity index (χ2v) is 6.45. The number of rotatable bonds is 6. The summed E-state index contributed by atoms with van der Waals surface area (Å²) in [5.41, 5.74) is 0.700. The minimum Gasteiger partial charge on any atom is -0.444 e. The molecular formula is C16H25ClN2O2. The molecule has 0 fully saturated rings. The third-order valence-corrected chi connectivity index (χ3v) is 3.06. The summed E-state index contributed by atoms with van der Waals surface area (Å²) >= 11 is 5.97. The first kappa shape index (κ1) is 17.8. The molecule has 0 aliphatic rings. The van der Waals surface area contributed by atoms with E-state index in [9.17, 15) is 4.79 Å². The molecule has 0 aromatic heterocycles. The third-order valence-electron chi connectivity index (χ3n) is 2.82. The van der Waals surface area contributed by atoms with Crippen molar-refractivity contribution >= 4 is 17.7 Å². The molecule has 1 aromatic carbocycles. The number of carbonyl (C=O) groups is 1. The van der Waals surface area contributed by atoms with Crippen LogP contribution in [0.3, 0.4) is 0 Å². The van der Waals surface area contributed by atoms with E-state index in [2.05, 4.69) is 17.6 Å². The molecule has 21 heavy (non-hydrogen) atoms. The van der Waals surface area contributed by atoms with Gasteiger partial charge in [0, 0.05) is 17.6 Å². The highest BCUT2D eigenvalue weighted by atomic mass is 35.5. The minimum atomic E-state index is -0.455. The molecule has 118 valence electrons. The Morgan fingerprint density at radius 2 is 2.05 bits per heavy atom. The van der Waals surface area contributed by atoms with E-state index < -0.39 is 5.60 Å². The zero-order valence-electron chi connectivity index (χ0n) is 13.2. The van der Waals surface area contributed by atoms with Gasteiger partial charge in [0.05, 0.1) is 0 Å². The van der Waals surface area contributed by atoms with Gasteiger partial charge in [-0.2, -0.15) is 0 Å². The lowest BCUT2D eigenvalue weighted by Crippen LogP contribution is -2.34. The van der Waals surface area contributed by atoms with Crippen LogP contribution in [-0.4, -0.2) is 24.8 Å². The average molecular weight is 313 g/mol. The predicted octanol–water partition coefficient (Wildman–Crippen LogP) is 3.91. The second kappa shape index (κ2) is 8.25. The van der Waals surface area contributed by atoms with Crippen molar-refractivity contribution in [3.63, 3.8) is 0 Å². The average Bonchev–Trinajstić information content (AvgIpc) is 2.36. The molecule has 0 spiro atoms. The van der Waals surface area contributed by atoms with Crippen LogP contribution in [0.25, 0.3) is 0 Å². The zero-order valence-corrected chi connectivity index (χ0v) is 14.0. The smallest absolute Gasteiger partial charge is 0.407 e. The Morgan fingerprint density at radius 3 is 2.67 bits per heavy atom. The van der Waals surface area contributed by atoms with E-state index in [1.807, 2.05) is 45.0 Å². The van der Waals surface area contributed by atoms with Crippen LogP contribution in [0.1, 0.15) is 45.7 Å². The summed E-state index contributed by atoms with van der Waals surface area (Å²) < 4.78 is 5.16. The molecular weight excluding hydrogens is 288 g/mol. The Hall–Kier alpha value is -1.26. The summed E-state index contributed by atoms with van der Waals surface area (Å²) in [5.74, 6) is 0. The molecule has 1 rings (SSSR count). The van der Waals surface area contributed by atoms with Crippen LogP contribution in [0.4, 0.5) is 4.79 Å². The van der Waals surface area contributed by atoms with Gasteiger partial charge in [-0.1, -0.05) is 23.7 Å². The minimum absolute atomic E-state index is 0.227. The molecule has 0 saturated carbocycles. The van der Waals surface area contributed by atoms with E-state index in [4.69, 9.17) is 16.3 Å². The van der Waals surface area contributed by atoms with Crippen LogP contribution in [-0.2, 0) is 4.74 Å². The lowest BCUT2D eigenvalue weighted by atomic mass is 10.1. The fraction of sp³-hybridized carbons (Fsp3) is 0.562. The van der Waals surface area contributed by atoms with Gasteiger partial charge in [0.25, 0.3) is 0 Å². The van der Waals surface area contributed by atoms with E-state index in [1.54, 1.807) is 0 Å². The van der Waals surface area contributed by atoms with Gasteiger partial charge in [0.15, 0.2) is 0 Å². The molecule has 0 saturated heterocycles. The van der Waals surface area contributed by atoms with Gasteiger partial charge in [0.1, 0.15) is 5.60 Å². The quantitative estimate of drug-likeness (QED) is 0.783. The van der Waals surface area contributed by atoms with E-state index in [0.717, 1.165) is 23.6 Å². The van der Waals surface area contributed by atoms with Crippen molar-refractivity contribution in [2.75, 3.05) is 13.1 Å². The Labute approximate surface area is 132 Å². The summed E-state index contributed by atoms with van der Waals surface area (Å²) in [6.45, 7) is 9.03. The van der Waals surface area contributed by atoms with Gasteiger partial charge in [-0.05, 0) is 58.4 Å². The molecule has 0 bridgehead atoms. The molecule has 1 aromatic rings. The highest BCUT2D eigenvalue weighted by Crippen LogP contribution is 2.17. The van der Waals surface area contributed by atoms with Gasteiger partial charge >= 0.3 is 6.09 Å². The van der Waals surface area contributed by atoms with Crippen LogP contribution in [0.15, 0.2) is 24.3 Å². The van der Waals surface area contributed by atoms with E-state index in [1.165, 1.54) is 0 Å². The van der Waals surface area contributed by atoms with E-state index >= 15 is 0 Å². The van der Waals surface area contributed by atoms with Gasteiger partial charge < -0.3 is 15.4 Å². The molecule has 0 unspecified atom stereocenters. The van der Waals surface area contributed by atoms with Crippen LogP contribution in [0.2, 0.25) is 5.02 Å². The van der Waals surface area contributed by atoms with E-state index in [0.29, 0.717) is 6.54 Å². The standard InChI is InChI=1S/C16H25ClN2O2/c1-12(13-7-5-8-14(17)11-13)18-9-6-10-19-15(20)21-16(2,3)4/h5,7-8,11-12,18H,6,9-10H2,1-4H3,(H,19,20)/t12-/m0/s1. The van der Waals surface area contributed by atoms with Crippen LogP contribution in [0.5, 0.6) is 0 Å². The molecule has 1 amide bonds. The molecule has 0 heterocycles.